The lowest BCUT2D eigenvalue weighted by molar-refractivity contribution is 1.03. The van der Waals surface area contributed by atoms with Gasteiger partial charge >= 0.3 is 0 Å². The van der Waals surface area contributed by atoms with Crippen LogP contribution in [0.25, 0.3) is 11.1 Å². The van der Waals surface area contributed by atoms with Gasteiger partial charge < -0.3 is 5.73 Å². The van der Waals surface area contributed by atoms with E-state index in [0.717, 1.165) is 22.3 Å². The van der Waals surface area contributed by atoms with Crippen molar-refractivity contribution in [3.8, 4) is 11.1 Å². The van der Waals surface area contributed by atoms with Crippen LogP contribution in [-0.4, -0.2) is 10.8 Å². The number of rotatable bonds is 1. The Morgan fingerprint density at radius 2 is 1.71 bits per heavy atom. The van der Waals surface area contributed by atoms with Gasteiger partial charge in [0.15, 0.2) is 5.11 Å². The topological polar surface area (TPSA) is 50.4 Å². The highest BCUT2D eigenvalue weighted by Gasteiger charge is 2.28. The van der Waals surface area contributed by atoms with Gasteiger partial charge in [0.2, 0.25) is 0 Å². The molecule has 7 heteroatoms. The molecule has 0 fully saturated rings. The number of nitrogens with one attached hydrogen (secondary N) is 1. The van der Waals surface area contributed by atoms with Gasteiger partial charge in [0, 0.05) is 26.7 Å². The van der Waals surface area contributed by atoms with E-state index in [1.165, 1.54) is 0 Å². The van der Waals surface area contributed by atoms with E-state index in [-0.39, 0.29) is 5.11 Å². The van der Waals surface area contributed by atoms with Crippen LogP contribution in [0.4, 0.5) is 0 Å². The second kappa shape index (κ2) is 5.46. The predicted octanol–water partition coefficient (Wildman–Crippen LogP) is 4.21. The minimum Gasteiger partial charge on any atom is -0.375 e. The lowest BCUT2D eigenvalue weighted by Gasteiger charge is -2.04. The van der Waals surface area contributed by atoms with Crippen molar-refractivity contribution in [1.82, 2.24) is 5.43 Å². The van der Waals surface area contributed by atoms with Gasteiger partial charge in [0.1, 0.15) is 0 Å². The molecule has 0 atom stereocenters. The first-order chi connectivity index (χ1) is 9.97. The zero-order valence-corrected chi connectivity index (χ0v) is 13.5. The zero-order chi connectivity index (χ0) is 15.1. The van der Waals surface area contributed by atoms with Crippen molar-refractivity contribution in [3.05, 3.63) is 56.5 Å². The molecule has 21 heavy (non-hydrogen) atoms. The predicted molar refractivity (Wildman–Crippen MR) is 92.5 cm³/mol. The average Bonchev–Trinajstić information content (AvgIpc) is 2.69. The van der Waals surface area contributed by atoms with E-state index in [0.29, 0.717) is 20.8 Å². The van der Waals surface area contributed by atoms with Crippen LogP contribution in [0.2, 0.25) is 15.1 Å². The highest BCUT2D eigenvalue weighted by atomic mass is 35.5. The van der Waals surface area contributed by atoms with Crippen molar-refractivity contribution >= 4 is 57.8 Å². The molecule has 0 spiro atoms. The maximum absolute atomic E-state index is 6.33. The average molecular weight is 357 g/mol. The number of thiocarbonyl (C=S) groups is 1. The Labute approximate surface area is 141 Å². The Morgan fingerprint density at radius 3 is 2.43 bits per heavy atom. The molecule has 0 heterocycles. The molecule has 0 unspecified atom stereocenters. The van der Waals surface area contributed by atoms with Crippen LogP contribution in [0.15, 0.2) is 35.4 Å². The molecule has 0 saturated heterocycles. The highest BCUT2D eigenvalue weighted by molar-refractivity contribution is 7.80. The third-order valence-electron chi connectivity index (χ3n) is 3.09. The molecule has 0 aromatic heterocycles. The molecule has 1 aliphatic carbocycles. The van der Waals surface area contributed by atoms with Crippen LogP contribution in [0, 0.1) is 0 Å². The van der Waals surface area contributed by atoms with Crippen LogP contribution >= 0.6 is 47.0 Å². The molecule has 0 amide bonds. The van der Waals surface area contributed by atoms with E-state index in [4.69, 9.17) is 52.8 Å². The van der Waals surface area contributed by atoms with Crippen LogP contribution < -0.4 is 11.2 Å². The largest absolute Gasteiger partial charge is 0.375 e. The first-order valence-corrected chi connectivity index (χ1v) is 7.44. The van der Waals surface area contributed by atoms with Gasteiger partial charge in [-0.25, -0.2) is 0 Å². The second-order valence-electron chi connectivity index (χ2n) is 4.44. The van der Waals surface area contributed by atoms with Gasteiger partial charge in [-0.05, 0) is 42.0 Å². The van der Waals surface area contributed by atoms with Crippen LogP contribution in [0.3, 0.4) is 0 Å². The van der Waals surface area contributed by atoms with Gasteiger partial charge in [-0.15, -0.1) is 0 Å². The Kier molecular flexibility index (Phi) is 3.80. The van der Waals surface area contributed by atoms with E-state index in [2.05, 4.69) is 10.5 Å². The van der Waals surface area contributed by atoms with E-state index in [1.54, 1.807) is 18.2 Å². The lowest BCUT2D eigenvalue weighted by Crippen LogP contribution is -2.25. The van der Waals surface area contributed by atoms with Crippen molar-refractivity contribution in [2.24, 2.45) is 10.8 Å². The van der Waals surface area contributed by atoms with Crippen molar-refractivity contribution in [1.29, 1.82) is 0 Å². The molecule has 0 radical (unpaired) electrons. The summed E-state index contributed by atoms with van der Waals surface area (Å²) in [6.45, 7) is 0. The number of fused-ring (bicyclic) bond motifs is 3. The Bertz CT molecular complexity index is 802. The van der Waals surface area contributed by atoms with Crippen molar-refractivity contribution in [3.63, 3.8) is 0 Å². The number of hydrazone groups is 1. The normalized spacial score (nSPS) is 14.0. The summed E-state index contributed by atoms with van der Waals surface area (Å²) in [5.41, 5.74) is 12.2. The van der Waals surface area contributed by atoms with E-state index in [9.17, 15) is 0 Å². The lowest BCUT2D eigenvalue weighted by atomic mass is 10.1. The van der Waals surface area contributed by atoms with Crippen LogP contribution in [0.1, 0.15) is 11.1 Å². The summed E-state index contributed by atoms with van der Waals surface area (Å²) in [6.07, 6.45) is 0. The van der Waals surface area contributed by atoms with Gasteiger partial charge in [0.25, 0.3) is 0 Å². The summed E-state index contributed by atoms with van der Waals surface area (Å²) in [4.78, 5) is 0. The fraction of sp³-hybridized carbons (Fsp3) is 0. The minimum atomic E-state index is 0.0765. The number of halogens is 3. The zero-order valence-electron chi connectivity index (χ0n) is 10.5. The second-order valence-corrected chi connectivity index (χ2v) is 6.16. The molecule has 3 rings (SSSR count). The van der Waals surface area contributed by atoms with E-state index >= 15 is 0 Å². The van der Waals surface area contributed by atoms with Crippen LogP contribution in [-0.2, 0) is 0 Å². The smallest absolute Gasteiger partial charge is 0.184 e. The van der Waals surface area contributed by atoms with Gasteiger partial charge in [-0.2, -0.15) is 5.10 Å². The maximum atomic E-state index is 6.33. The molecule has 1 aliphatic rings. The Balaban J connectivity index is 2.30. The molecule has 0 saturated carbocycles. The molecule has 106 valence electrons. The Hall–Kier alpha value is -1.33. The summed E-state index contributed by atoms with van der Waals surface area (Å²) in [7, 11) is 0. The van der Waals surface area contributed by atoms with Gasteiger partial charge in [0.05, 0.1) is 10.7 Å². The maximum Gasteiger partial charge on any atom is 0.184 e. The quantitative estimate of drug-likeness (QED) is 0.507. The standard InChI is InChI=1S/C14H8Cl3N3S/c15-6-1-2-8-9(3-6)13(19-20-14(18)21)10-4-7(16)5-11(17)12(8)10/h1-5H,(H3,18,20,21). The van der Waals surface area contributed by atoms with E-state index in [1.807, 2.05) is 12.1 Å². The van der Waals surface area contributed by atoms with Crippen molar-refractivity contribution in [2.45, 2.75) is 0 Å². The number of nitrogens with zero attached hydrogens (tertiary/aromatic N) is 1. The Morgan fingerprint density at radius 1 is 1.00 bits per heavy atom. The van der Waals surface area contributed by atoms with Crippen LogP contribution in [0.5, 0.6) is 0 Å². The number of hydrogen-bond donors (Lipinski definition) is 2. The molecule has 0 aliphatic heterocycles. The monoisotopic (exact) mass is 355 g/mol. The molecule has 2 aromatic rings. The van der Waals surface area contributed by atoms with Crippen molar-refractivity contribution in [2.75, 3.05) is 0 Å². The van der Waals surface area contributed by atoms with Gasteiger partial charge in [-0.3, -0.25) is 5.43 Å². The summed E-state index contributed by atoms with van der Waals surface area (Å²) in [5.74, 6) is 0. The summed E-state index contributed by atoms with van der Waals surface area (Å²) in [5, 5.41) is 6.02. The fourth-order valence-electron chi connectivity index (χ4n) is 2.34. The fourth-order valence-corrected chi connectivity index (χ4v) is 3.15. The molecule has 0 bridgehead atoms. The molecular weight excluding hydrogens is 349 g/mol. The van der Waals surface area contributed by atoms with Crippen molar-refractivity contribution < 1.29 is 0 Å². The third kappa shape index (κ3) is 2.60. The summed E-state index contributed by atoms with van der Waals surface area (Å²) >= 11 is 23.3. The van der Waals surface area contributed by atoms with Gasteiger partial charge in [-0.1, -0.05) is 40.9 Å². The highest BCUT2D eigenvalue weighted by Crippen LogP contribution is 2.43. The molecule has 2 aromatic carbocycles. The minimum absolute atomic E-state index is 0.0765. The SMILES string of the molecule is NC(=S)NN=C1c2cc(Cl)ccc2-c2c(Cl)cc(Cl)cc21. The third-order valence-corrected chi connectivity index (χ3v) is 3.94. The number of benzene rings is 2. The number of nitrogens with two attached hydrogens (primary N) is 1. The summed E-state index contributed by atoms with van der Waals surface area (Å²) < 4.78 is 0. The first kappa shape index (κ1) is 14.6. The molecule has 3 nitrogen and oxygen atoms in total. The first-order valence-electron chi connectivity index (χ1n) is 5.90. The number of hydrogen-bond acceptors (Lipinski definition) is 2. The summed E-state index contributed by atoms with van der Waals surface area (Å²) in [6, 6.07) is 9.03. The van der Waals surface area contributed by atoms with E-state index < -0.39 is 0 Å². The molecule has 3 N–H and O–H groups in total. The molecular formula is C14H8Cl3N3S.